The summed E-state index contributed by atoms with van der Waals surface area (Å²) in [7, 11) is 0. The fourth-order valence-corrected chi connectivity index (χ4v) is 4.86. The van der Waals surface area contributed by atoms with Crippen LogP contribution in [0.25, 0.3) is 0 Å². The van der Waals surface area contributed by atoms with E-state index in [-0.39, 0.29) is 18.3 Å². The van der Waals surface area contributed by atoms with Gasteiger partial charge in [-0.15, -0.1) is 0 Å². The molecule has 2 atom stereocenters. The fourth-order valence-electron chi connectivity index (χ4n) is 4.61. The summed E-state index contributed by atoms with van der Waals surface area (Å²) < 4.78 is 0. The highest BCUT2D eigenvalue weighted by Crippen LogP contribution is 2.51. The Hall–Kier alpha value is -2.04. The van der Waals surface area contributed by atoms with E-state index in [0.717, 1.165) is 36.8 Å². The lowest BCUT2D eigenvalue weighted by molar-refractivity contribution is -0.152. The first-order chi connectivity index (χ1) is 15.2. The third-order valence-electron chi connectivity index (χ3n) is 6.66. The van der Waals surface area contributed by atoms with Gasteiger partial charge in [0.05, 0.1) is 5.41 Å². The summed E-state index contributed by atoms with van der Waals surface area (Å²) in [5.74, 6) is -2.07. The number of carboxylic acid groups (broad SMARTS) is 2. The summed E-state index contributed by atoms with van der Waals surface area (Å²) in [5, 5.41) is 20.6. The van der Waals surface area contributed by atoms with Crippen LogP contribution in [0.2, 0.25) is 10.0 Å². The van der Waals surface area contributed by atoms with Gasteiger partial charge in [-0.05, 0) is 60.1 Å². The van der Waals surface area contributed by atoms with Crippen LogP contribution in [-0.2, 0) is 9.59 Å². The van der Waals surface area contributed by atoms with Crippen LogP contribution in [0.3, 0.4) is 0 Å². The number of benzene rings is 2. The Labute approximate surface area is 200 Å². The minimum Gasteiger partial charge on any atom is -0.481 e. The topological polar surface area (TPSA) is 74.6 Å². The molecule has 6 heteroatoms. The van der Waals surface area contributed by atoms with Gasteiger partial charge in [-0.25, -0.2) is 0 Å². The van der Waals surface area contributed by atoms with Crippen molar-refractivity contribution in [2.75, 3.05) is 0 Å². The Bertz CT molecular complexity index is 826. The standard InChI is InChI=1S/C26H32Cl2O4/c1-18(20-9-13-22(27)14-10-20)26(25(31)32,17-7-5-3-4-6-8-24(29)30)19(2)21-11-15-23(28)16-12-21/h9-16,18-19H,3-8,17H2,1-2H3,(H,29,30)(H,31,32). The van der Waals surface area contributed by atoms with E-state index >= 15 is 0 Å². The van der Waals surface area contributed by atoms with Crippen molar-refractivity contribution in [3.63, 3.8) is 0 Å². The summed E-state index contributed by atoms with van der Waals surface area (Å²) in [6.07, 6.45) is 4.72. The van der Waals surface area contributed by atoms with Gasteiger partial charge in [0, 0.05) is 16.5 Å². The second kappa shape index (κ2) is 12.3. The second-order valence-corrected chi connectivity index (χ2v) is 9.43. The molecule has 174 valence electrons. The number of rotatable bonds is 13. The molecule has 32 heavy (non-hydrogen) atoms. The smallest absolute Gasteiger partial charge is 0.310 e. The van der Waals surface area contributed by atoms with Crippen LogP contribution in [-0.4, -0.2) is 22.2 Å². The van der Waals surface area contributed by atoms with E-state index in [4.69, 9.17) is 28.3 Å². The summed E-state index contributed by atoms with van der Waals surface area (Å²) >= 11 is 12.1. The summed E-state index contributed by atoms with van der Waals surface area (Å²) in [5.41, 5.74) is 0.876. The zero-order chi connectivity index (χ0) is 23.7. The molecule has 2 unspecified atom stereocenters. The van der Waals surface area contributed by atoms with Crippen LogP contribution in [0.15, 0.2) is 48.5 Å². The maximum Gasteiger partial charge on any atom is 0.310 e. The predicted molar refractivity (Wildman–Crippen MR) is 130 cm³/mol. The van der Waals surface area contributed by atoms with E-state index < -0.39 is 17.4 Å². The number of carbonyl (C=O) groups is 2. The van der Waals surface area contributed by atoms with E-state index in [0.29, 0.717) is 22.9 Å². The van der Waals surface area contributed by atoms with Crippen LogP contribution >= 0.6 is 23.2 Å². The molecule has 4 nitrogen and oxygen atoms in total. The molecule has 0 aliphatic heterocycles. The van der Waals surface area contributed by atoms with Gasteiger partial charge in [0.1, 0.15) is 0 Å². The predicted octanol–water partition coefficient (Wildman–Crippen LogP) is 7.79. The molecular formula is C26H32Cl2O4. The van der Waals surface area contributed by atoms with Crippen LogP contribution in [0, 0.1) is 5.41 Å². The maximum atomic E-state index is 12.9. The fraction of sp³-hybridized carbons (Fsp3) is 0.462. The van der Waals surface area contributed by atoms with Gasteiger partial charge in [-0.2, -0.15) is 0 Å². The number of hydrogen-bond donors (Lipinski definition) is 2. The Kier molecular flexibility index (Phi) is 10.0. The Morgan fingerprint density at radius 3 is 1.56 bits per heavy atom. The SMILES string of the molecule is CC(c1ccc(Cl)cc1)C(CCCCCCCC(=O)O)(C(=O)O)C(C)c1ccc(Cl)cc1. The van der Waals surface area contributed by atoms with Crippen molar-refractivity contribution in [1.29, 1.82) is 0 Å². The summed E-state index contributed by atoms with van der Waals surface area (Å²) in [4.78, 5) is 23.6. The zero-order valence-corrected chi connectivity index (χ0v) is 20.2. The third kappa shape index (κ3) is 6.73. The molecule has 0 bridgehead atoms. The van der Waals surface area contributed by atoms with E-state index in [2.05, 4.69) is 0 Å². The summed E-state index contributed by atoms with van der Waals surface area (Å²) in [6.45, 7) is 3.97. The molecule has 2 rings (SSSR count). The molecule has 0 spiro atoms. The minimum atomic E-state index is -1.01. The molecule has 0 heterocycles. The van der Waals surface area contributed by atoms with E-state index in [1.54, 1.807) is 24.3 Å². The van der Waals surface area contributed by atoms with Crippen molar-refractivity contribution in [3.05, 3.63) is 69.7 Å². The highest BCUT2D eigenvalue weighted by atomic mass is 35.5. The molecule has 2 N–H and O–H groups in total. The molecule has 0 saturated carbocycles. The monoisotopic (exact) mass is 478 g/mol. The van der Waals surface area contributed by atoms with Crippen LogP contribution < -0.4 is 0 Å². The minimum absolute atomic E-state index is 0.181. The van der Waals surface area contributed by atoms with Gasteiger partial charge in [0.25, 0.3) is 0 Å². The van der Waals surface area contributed by atoms with Gasteiger partial charge < -0.3 is 10.2 Å². The number of unbranched alkanes of at least 4 members (excludes halogenated alkanes) is 4. The molecule has 0 saturated heterocycles. The average molecular weight is 479 g/mol. The number of hydrogen-bond acceptors (Lipinski definition) is 2. The molecule has 0 fully saturated rings. The summed E-state index contributed by atoms with van der Waals surface area (Å²) in [6, 6.07) is 14.8. The number of carboxylic acids is 2. The first kappa shape index (κ1) is 26.2. The van der Waals surface area contributed by atoms with Gasteiger partial charge in [-0.3, -0.25) is 9.59 Å². The van der Waals surface area contributed by atoms with Crippen molar-refractivity contribution in [2.45, 2.75) is 70.6 Å². The van der Waals surface area contributed by atoms with Crippen molar-refractivity contribution in [2.24, 2.45) is 5.41 Å². The Morgan fingerprint density at radius 2 is 1.16 bits per heavy atom. The van der Waals surface area contributed by atoms with E-state index in [9.17, 15) is 14.7 Å². The normalized spacial score (nSPS) is 15.0. The van der Waals surface area contributed by atoms with E-state index in [1.807, 2.05) is 38.1 Å². The lowest BCUT2D eigenvalue weighted by atomic mass is 9.61. The first-order valence-electron chi connectivity index (χ1n) is 11.1. The van der Waals surface area contributed by atoms with Crippen LogP contribution in [0.4, 0.5) is 0 Å². The van der Waals surface area contributed by atoms with E-state index in [1.165, 1.54) is 0 Å². The van der Waals surface area contributed by atoms with Crippen molar-refractivity contribution in [3.8, 4) is 0 Å². The van der Waals surface area contributed by atoms with Crippen molar-refractivity contribution < 1.29 is 19.8 Å². The molecule has 0 amide bonds. The molecule has 0 aromatic heterocycles. The lowest BCUT2D eigenvalue weighted by Crippen LogP contribution is -2.41. The van der Waals surface area contributed by atoms with Gasteiger partial charge >= 0.3 is 11.9 Å². The number of halogens is 2. The van der Waals surface area contributed by atoms with Gasteiger partial charge in [-0.1, -0.05) is 87.0 Å². The lowest BCUT2D eigenvalue weighted by Gasteiger charge is -2.41. The van der Waals surface area contributed by atoms with Gasteiger partial charge in [0.15, 0.2) is 0 Å². The third-order valence-corrected chi connectivity index (χ3v) is 7.17. The molecule has 2 aromatic rings. The first-order valence-corrected chi connectivity index (χ1v) is 11.9. The Balaban J connectivity index is 2.28. The molecule has 2 aromatic carbocycles. The maximum absolute atomic E-state index is 12.9. The molecular weight excluding hydrogens is 447 g/mol. The van der Waals surface area contributed by atoms with Crippen LogP contribution in [0.5, 0.6) is 0 Å². The molecule has 0 aliphatic rings. The number of aliphatic carboxylic acids is 2. The van der Waals surface area contributed by atoms with Crippen molar-refractivity contribution in [1.82, 2.24) is 0 Å². The van der Waals surface area contributed by atoms with Gasteiger partial charge in [0.2, 0.25) is 0 Å². The van der Waals surface area contributed by atoms with Crippen LogP contribution in [0.1, 0.15) is 81.8 Å². The largest absolute Gasteiger partial charge is 0.481 e. The van der Waals surface area contributed by atoms with Crippen molar-refractivity contribution >= 4 is 35.1 Å². The molecule has 0 aliphatic carbocycles. The highest BCUT2D eigenvalue weighted by Gasteiger charge is 2.48. The molecule has 0 radical (unpaired) electrons. The Morgan fingerprint density at radius 1 is 0.750 bits per heavy atom. The second-order valence-electron chi connectivity index (χ2n) is 8.55. The quantitative estimate of drug-likeness (QED) is 0.288. The average Bonchev–Trinajstić information content (AvgIpc) is 2.75. The highest BCUT2D eigenvalue weighted by molar-refractivity contribution is 6.30. The zero-order valence-electron chi connectivity index (χ0n) is 18.7.